The molecule has 1 saturated heterocycles. The average molecular weight is 310 g/mol. The summed E-state index contributed by atoms with van der Waals surface area (Å²) in [5.41, 5.74) is 0. The molecule has 0 aromatic heterocycles. The number of ether oxygens (including phenoxy) is 1. The van der Waals surface area contributed by atoms with Gasteiger partial charge in [-0.2, -0.15) is 0 Å². The first-order valence-corrected chi connectivity index (χ1v) is 8.62. The van der Waals surface area contributed by atoms with Crippen LogP contribution < -0.4 is 10.6 Å². The van der Waals surface area contributed by atoms with Crippen LogP contribution in [-0.2, 0) is 4.74 Å². The van der Waals surface area contributed by atoms with Crippen molar-refractivity contribution in [2.75, 3.05) is 45.9 Å². The number of hydrogen-bond donors (Lipinski definition) is 2. The average Bonchev–Trinajstić information content (AvgIpc) is 2.98. The third-order valence-corrected chi connectivity index (χ3v) is 3.93. The Balaban J connectivity index is 2.33. The van der Waals surface area contributed by atoms with E-state index in [1.165, 1.54) is 19.5 Å². The van der Waals surface area contributed by atoms with Gasteiger partial charge in [-0.05, 0) is 46.1 Å². The molecule has 2 N–H and O–H groups in total. The van der Waals surface area contributed by atoms with Gasteiger partial charge in [0.25, 0.3) is 0 Å². The number of aliphatic imine (C=N–C) groups is 1. The quantitative estimate of drug-likeness (QED) is 0.280. The number of guanidine groups is 1. The maximum absolute atomic E-state index is 5.35. The van der Waals surface area contributed by atoms with Gasteiger partial charge in [-0.1, -0.05) is 6.08 Å². The highest BCUT2D eigenvalue weighted by atomic mass is 16.5. The first-order chi connectivity index (χ1) is 10.7. The lowest BCUT2D eigenvalue weighted by Crippen LogP contribution is -2.38. The fourth-order valence-corrected chi connectivity index (χ4v) is 2.57. The van der Waals surface area contributed by atoms with Crippen molar-refractivity contribution in [2.45, 2.75) is 39.7 Å². The fourth-order valence-electron chi connectivity index (χ4n) is 2.57. The van der Waals surface area contributed by atoms with E-state index < -0.39 is 0 Å². The SMILES string of the molecule is C=CCNC(=NC[C@H]1CCN(C(C)C)C1)NCCCOCC. The summed E-state index contributed by atoms with van der Waals surface area (Å²) in [6.07, 6.45) is 4.10. The second kappa shape index (κ2) is 11.5. The Hall–Kier alpha value is -1.07. The fraction of sp³-hybridized carbons (Fsp3) is 0.824. The van der Waals surface area contributed by atoms with Crippen molar-refractivity contribution in [3.8, 4) is 0 Å². The Morgan fingerprint density at radius 3 is 2.91 bits per heavy atom. The van der Waals surface area contributed by atoms with Gasteiger partial charge in [-0.25, -0.2) is 0 Å². The first-order valence-electron chi connectivity index (χ1n) is 8.62. The van der Waals surface area contributed by atoms with E-state index in [2.05, 4.69) is 36.0 Å². The van der Waals surface area contributed by atoms with E-state index in [9.17, 15) is 0 Å². The largest absolute Gasteiger partial charge is 0.382 e. The second-order valence-corrected chi connectivity index (χ2v) is 6.08. The molecule has 0 aromatic carbocycles. The summed E-state index contributed by atoms with van der Waals surface area (Å²) in [6.45, 7) is 16.8. The number of nitrogens with zero attached hydrogens (tertiary/aromatic N) is 2. The molecule has 1 fully saturated rings. The van der Waals surface area contributed by atoms with Gasteiger partial charge in [0.15, 0.2) is 5.96 Å². The molecule has 22 heavy (non-hydrogen) atoms. The Morgan fingerprint density at radius 1 is 1.45 bits per heavy atom. The van der Waals surface area contributed by atoms with Gasteiger partial charge in [0.1, 0.15) is 0 Å². The van der Waals surface area contributed by atoms with Crippen molar-refractivity contribution in [1.82, 2.24) is 15.5 Å². The van der Waals surface area contributed by atoms with Crippen molar-refractivity contribution in [1.29, 1.82) is 0 Å². The number of nitrogens with one attached hydrogen (secondary N) is 2. The molecule has 1 rings (SSSR count). The Morgan fingerprint density at radius 2 is 2.27 bits per heavy atom. The van der Waals surface area contributed by atoms with Crippen molar-refractivity contribution < 1.29 is 4.74 Å². The molecule has 1 atom stereocenters. The molecular weight excluding hydrogens is 276 g/mol. The summed E-state index contributed by atoms with van der Waals surface area (Å²) in [7, 11) is 0. The molecule has 0 unspecified atom stereocenters. The smallest absolute Gasteiger partial charge is 0.191 e. The van der Waals surface area contributed by atoms with Crippen LogP contribution in [0.2, 0.25) is 0 Å². The highest BCUT2D eigenvalue weighted by Gasteiger charge is 2.23. The lowest BCUT2D eigenvalue weighted by Gasteiger charge is -2.20. The Bertz CT molecular complexity index is 331. The molecular formula is C17H34N4O. The van der Waals surface area contributed by atoms with E-state index >= 15 is 0 Å². The van der Waals surface area contributed by atoms with Crippen LogP contribution in [0.5, 0.6) is 0 Å². The van der Waals surface area contributed by atoms with Gasteiger partial charge >= 0.3 is 0 Å². The molecule has 1 aliphatic heterocycles. The third-order valence-electron chi connectivity index (χ3n) is 3.93. The zero-order valence-electron chi connectivity index (χ0n) is 14.6. The molecule has 5 nitrogen and oxygen atoms in total. The predicted molar refractivity (Wildman–Crippen MR) is 94.4 cm³/mol. The molecule has 0 amide bonds. The van der Waals surface area contributed by atoms with Gasteiger partial charge in [-0.3, -0.25) is 4.99 Å². The van der Waals surface area contributed by atoms with Crippen LogP contribution in [0.4, 0.5) is 0 Å². The van der Waals surface area contributed by atoms with Crippen LogP contribution in [0.1, 0.15) is 33.6 Å². The van der Waals surface area contributed by atoms with Crippen LogP contribution in [0.3, 0.4) is 0 Å². The van der Waals surface area contributed by atoms with E-state index in [4.69, 9.17) is 9.73 Å². The van der Waals surface area contributed by atoms with Crippen LogP contribution in [0.15, 0.2) is 17.6 Å². The van der Waals surface area contributed by atoms with Crippen LogP contribution >= 0.6 is 0 Å². The topological polar surface area (TPSA) is 48.9 Å². The molecule has 1 heterocycles. The highest BCUT2D eigenvalue weighted by molar-refractivity contribution is 5.79. The van der Waals surface area contributed by atoms with Crippen LogP contribution in [0, 0.1) is 5.92 Å². The molecule has 0 radical (unpaired) electrons. The van der Waals surface area contributed by atoms with Crippen LogP contribution in [0.25, 0.3) is 0 Å². The molecule has 128 valence electrons. The van der Waals surface area contributed by atoms with Gasteiger partial charge in [0.2, 0.25) is 0 Å². The van der Waals surface area contributed by atoms with E-state index in [0.717, 1.165) is 45.2 Å². The standard InChI is InChI=1S/C17H34N4O/c1-5-9-18-17(19-10-7-12-22-6-2)20-13-16-8-11-21(14-16)15(3)4/h5,15-16H,1,6-14H2,2-4H3,(H2,18,19,20)/t16-/m1/s1. The predicted octanol–water partition coefficient (Wildman–Crippen LogP) is 1.86. The van der Waals surface area contributed by atoms with Crippen LogP contribution in [-0.4, -0.2) is 62.8 Å². The third kappa shape index (κ3) is 7.80. The molecule has 5 heteroatoms. The van der Waals surface area contributed by atoms with Crippen molar-refractivity contribution in [3.63, 3.8) is 0 Å². The van der Waals surface area contributed by atoms with E-state index in [0.29, 0.717) is 12.0 Å². The molecule has 0 bridgehead atoms. The minimum absolute atomic E-state index is 0.643. The second-order valence-electron chi connectivity index (χ2n) is 6.08. The lowest BCUT2D eigenvalue weighted by atomic mass is 10.1. The summed E-state index contributed by atoms with van der Waals surface area (Å²) >= 11 is 0. The summed E-state index contributed by atoms with van der Waals surface area (Å²) < 4.78 is 5.35. The lowest BCUT2D eigenvalue weighted by molar-refractivity contribution is 0.145. The normalized spacial score (nSPS) is 19.6. The minimum Gasteiger partial charge on any atom is -0.382 e. The Labute approximate surface area is 136 Å². The Kier molecular flexibility index (Phi) is 9.91. The zero-order valence-corrected chi connectivity index (χ0v) is 14.6. The number of rotatable bonds is 10. The maximum atomic E-state index is 5.35. The van der Waals surface area contributed by atoms with E-state index in [1.807, 2.05) is 13.0 Å². The molecule has 0 saturated carbocycles. The number of likely N-dealkylation sites (tertiary alicyclic amines) is 1. The minimum atomic E-state index is 0.643. The van der Waals surface area contributed by atoms with Gasteiger partial charge in [0, 0.05) is 45.4 Å². The summed E-state index contributed by atoms with van der Waals surface area (Å²) in [5.74, 6) is 1.56. The van der Waals surface area contributed by atoms with Crippen molar-refractivity contribution >= 4 is 5.96 Å². The van der Waals surface area contributed by atoms with Crippen molar-refractivity contribution in [2.24, 2.45) is 10.9 Å². The van der Waals surface area contributed by atoms with Gasteiger partial charge in [0.05, 0.1) is 0 Å². The van der Waals surface area contributed by atoms with E-state index in [-0.39, 0.29) is 0 Å². The van der Waals surface area contributed by atoms with Gasteiger partial charge in [-0.15, -0.1) is 6.58 Å². The monoisotopic (exact) mass is 310 g/mol. The van der Waals surface area contributed by atoms with Gasteiger partial charge < -0.3 is 20.3 Å². The van der Waals surface area contributed by atoms with E-state index in [1.54, 1.807) is 0 Å². The maximum Gasteiger partial charge on any atom is 0.191 e. The summed E-state index contributed by atoms with van der Waals surface area (Å²) in [6, 6.07) is 0.643. The highest BCUT2D eigenvalue weighted by Crippen LogP contribution is 2.18. The molecule has 0 aromatic rings. The zero-order chi connectivity index (χ0) is 16.2. The molecule has 0 spiro atoms. The molecule has 1 aliphatic rings. The number of hydrogen-bond acceptors (Lipinski definition) is 3. The van der Waals surface area contributed by atoms with Crippen molar-refractivity contribution in [3.05, 3.63) is 12.7 Å². The summed E-state index contributed by atoms with van der Waals surface area (Å²) in [5, 5.41) is 6.65. The molecule has 0 aliphatic carbocycles. The first kappa shape index (κ1) is 19.0. The summed E-state index contributed by atoms with van der Waals surface area (Å²) in [4.78, 5) is 7.27.